The Morgan fingerprint density at radius 1 is 0.917 bits per heavy atom. The number of nitrogens with zero attached hydrogens (tertiary/aromatic N) is 1. The lowest BCUT2D eigenvalue weighted by atomic mass is 10.0. The standard InChI is InChI=1S/C30H35ClN2O2S/c1-22-9-8-12-25(17-22)19-33(28(34)21-36-20-24-13-15-26(31)16-14-24)27(29(35)32-30(2,3)4)18-23-10-6-5-7-11-23/h5-17,27H,18-21H2,1-4H3,(H,32,35). The number of thioether (sulfide) groups is 1. The van der Waals surface area contributed by atoms with E-state index in [1.165, 1.54) is 0 Å². The van der Waals surface area contributed by atoms with Gasteiger partial charge in [0.25, 0.3) is 0 Å². The molecule has 3 aromatic carbocycles. The van der Waals surface area contributed by atoms with Crippen LogP contribution in [0.1, 0.15) is 43.0 Å². The van der Waals surface area contributed by atoms with E-state index in [4.69, 9.17) is 11.6 Å². The average molecular weight is 523 g/mol. The predicted octanol–water partition coefficient (Wildman–Crippen LogP) is 6.44. The minimum atomic E-state index is -0.629. The third kappa shape index (κ3) is 9.03. The van der Waals surface area contributed by atoms with E-state index in [0.717, 1.165) is 22.3 Å². The minimum absolute atomic E-state index is 0.0551. The Kier molecular flexibility index (Phi) is 10.0. The van der Waals surface area contributed by atoms with E-state index >= 15 is 0 Å². The minimum Gasteiger partial charge on any atom is -0.350 e. The summed E-state index contributed by atoms with van der Waals surface area (Å²) < 4.78 is 0. The first-order chi connectivity index (χ1) is 17.1. The van der Waals surface area contributed by atoms with Crippen molar-refractivity contribution in [3.05, 3.63) is 106 Å². The van der Waals surface area contributed by atoms with Crippen molar-refractivity contribution in [3.63, 3.8) is 0 Å². The number of benzene rings is 3. The number of carbonyl (C=O) groups is 2. The van der Waals surface area contributed by atoms with Crippen molar-refractivity contribution in [2.45, 2.75) is 58.0 Å². The molecule has 0 aliphatic carbocycles. The molecule has 6 heteroatoms. The quantitative estimate of drug-likeness (QED) is 0.333. The Labute approximate surface area is 224 Å². The van der Waals surface area contributed by atoms with Gasteiger partial charge in [-0.25, -0.2) is 0 Å². The third-order valence-corrected chi connectivity index (χ3v) is 6.85. The summed E-state index contributed by atoms with van der Waals surface area (Å²) in [7, 11) is 0. The monoisotopic (exact) mass is 522 g/mol. The zero-order chi connectivity index (χ0) is 26.1. The Bertz CT molecular complexity index is 1140. The van der Waals surface area contributed by atoms with Crippen LogP contribution >= 0.6 is 23.4 Å². The highest BCUT2D eigenvalue weighted by Gasteiger charge is 2.32. The fraction of sp³-hybridized carbons (Fsp3) is 0.333. The van der Waals surface area contributed by atoms with Crippen LogP contribution in [0.3, 0.4) is 0 Å². The Morgan fingerprint density at radius 2 is 1.58 bits per heavy atom. The van der Waals surface area contributed by atoms with Crippen molar-refractivity contribution >= 4 is 35.2 Å². The van der Waals surface area contributed by atoms with Crippen LogP contribution in [0.4, 0.5) is 0 Å². The van der Waals surface area contributed by atoms with E-state index in [-0.39, 0.29) is 17.6 Å². The van der Waals surface area contributed by atoms with Crippen molar-refractivity contribution in [1.82, 2.24) is 10.2 Å². The van der Waals surface area contributed by atoms with E-state index in [1.807, 2.05) is 100 Å². The van der Waals surface area contributed by atoms with E-state index in [2.05, 4.69) is 11.4 Å². The number of hydrogen-bond donors (Lipinski definition) is 1. The molecule has 0 aliphatic rings. The molecule has 0 fully saturated rings. The molecule has 0 radical (unpaired) electrons. The highest BCUT2D eigenvalue weighted by molar-refractivity contribution is 7.99. The molecule has 0 saturated carbocycles. The molecule has 3 aromatic rings. The summed E-state index contributed by atoms with van der Waals surface area (Å²) in [5.41, 5.74) is 3.84. The van der Waals surface area contributed by atoms with Gasteiger partial charge in [-0.2, -0.15) is 0 Å². The first kappa shape index (κ1) is 27.8. The topological polar surface area (TPSA) is 49.4 Å². The second-order valence-corrected chi connectivity index (χ2v) is 11.5. The third-order valence-electron chi connectivity index (χ3n) is 5.61. The number of halogens is 1. The summed E-state index contributed by atoms with van der Waals surface area (Å²) in [5.74, 6) is 0.775. The van der Waals surface area contributed by atoms with Gasteiger partial charge >= 0.3 is 0 Å². The van der Waals surface area contributed by atoms with Gasteiger partial charge in [0.15, 0.2) is 0 Å². The molecule has 2 amide bonds. The van der Waals surface area contributed by atoms with Gasteiger partial charge in [0.2, 0.25) is 11.8 Å². The zero-order valence-corrected chi connectivity index (χ0v) is 23.0. The molecule has 0 spiro atoms. The maximum absolute atomic E-state index is 13.7. The molecule has 0 aromatic heterocycles. The summed E-state index contributed by atoms with van der Waals surface area (Å²) in [5, 5.41) is 3.80. The van der Waals surface area contributed by atoms with E-state index in [9.17, 15) is 9.59 Å². The summed E-state index contributed by atoms with van der Waals surface area (Å²) >= 11 is 7.54. The highest BCUT2D eigenvalue weighted by atomic mass is 35.5. The number of carbonyl (C=O) groups excluding carboxylic acids is 2. The first-order valence-electron chi connectivity index (χ1n) is 12.1. The molecule has 1 N–H and O–H groups in total. The number of rotatable bonds is 10. The van der Waals surface area contributed by atoms with Gasteiger partial charge in [-0.15, -0.1) is 11.8 Å². The van der Waals surface area contributed by atoms with Crippen LogP contribution in [0.15, 0.2) is 78.9 Å². The molecule has 190 valence electrons. The second kappa shape index (κ2) is 13.0. The lowest BCUT2D eigenvalue weighted by Crippen LogP contribution is -2.54. The van der Waals surface area contributed by atoms with Crippen molar-refractivity contribution < 1.29 is 9.59 Å². The normalized spacial score (nSPS) is 12.1. The second-order valence-electron chi connectivity index (χ2n) is 10.1. The number of aryl methyl sites for hydroxylation is 1. The fourth-order valence-corrected chi connectivity index (χ4v) is 4.93. The molecule has 3 rings (SSSR count). The van der Waals surface area contributed by atoms with Crippen molar-refractivity contribution in [3.8, 4) is 0 Å². The largest absolute Gasteiger partial charge is 0.350 e. The molecule has 0 saturated heterocycles. The number of hydrogen-bond acceptors (Lipinski definition) is 3. The van der Waals surface area contributed by atoms with Crippen LogP contribution in [0.2, 0.25) is 5.02 Å². The van der Waals surface area contributed by atoms with Gasteiger partial charge in [-0.05, 0) is 56.5 Å². The Balaban J connectivity index is 1.86. The molecule has 0 bridgehead atoms. The lowest BCUT2D eigenvalue weighted by molar-refractivity contribution is -0.140. The van der Waals surface area contributed by atoms with Crippen LogP contribution in [-0.2, 0) is 28.3 Å². The van der Waals surface area contributed by atoms with Crippen LogP contribution < -0.4 is 5.32 Å². The van der Waals surface area contributed by atoms with Gasteiger partial charge in [-0.3, -0.25) is 9.59 Å². The first-order valence-corrected chi connectivity index (χ1v) is 13.7. The van der Waals surface area contributed by atoms with E-state index < -0.39 is 11.6 Å². The van der Waals surface area contributed by atoms with Crippen LogP contribution in [0.5, 0.6) is 0 Å². The molecule has 4 nitrogen and oxygen atoms in total. The summed E-state index contributed by atoms with van der Waals surface area (Å²) in [6.07, 6.45) is 0.447. The smallest absolute Gasteiger partial charge is 0.243 e. The molecular weight excluding hydrogens is 488 g/mol. The van der Waals surface area contributed by atoms with Gasteiger partial charge in [0, 0.05) is 29.3 Å². The van der Waals surface area contributed by atoms with Gasteiger partial charge in [0.05, 0.1) is 5.75 Å². The average Bonchev–Trinajstić information content (AvgIpc) is 2.82. The SMILES string of the molecule is Cc1cccc(CN(C(=O)CSCc2ccc(Cl)cc2)C(Cc2ccccc2)C(=O)NC(C)(C)C)c1. The van der Waals surface area contributed by atoms with Crippen LogP contribution in [0, 0.1) is 6.92 Å². The molecule has 1 unspecified atom stereocenters. The van der Waals surface area contributed by atoms with Crippen molar-refractivity contribution in [2.75, 3.05) is 5.75 Å². The molecule has 0 heterocycles. The van der Waals surface area contributed by atoms with Crippen LogP contribution in [0.25, 0.3) is 0 Å². The van der Waals surface area contributed by atoms with Crippen molar-refractivity contribution in [1.29, 1.82) is 0 Å². The van der Waals surface area contributed by atoms with Gasteiger partial charge in [0.1, 0.15) is 6.04 Å². The Morgan fingerprint density at radius 3 is 2.22 bits per heavy atom. The predicted molar refractivity (Wildman–Crippen MR) is 151 cm³/mol. The lowest BCUT2D eigenvalue weighted by Gasteiger charge is -2.34. The Hall–Kier alpha value is -2.76. The summed E-state index contributed by atoms with van der Waals surface area (Å²) in [4.78, 5) is 29.0. The van der Waals surface area contributed by atoms with Gasteiger partial charge in [-0.1, -0.05) is 83.9 Å². The summed E-state index contributed by atoms with van der Waals surface area (Å²) in [6.45, 7) is 8.28. The zero-order valence-electron chi connectivity index (χ0n) is 21.5. The highest BCUT2D eigenvalue weighted by Crippen LogP contribution is 2.20. The maximum Gasteiger partial charge on any atom is 0.243 e. The van der Waals surface area contributed by atoms with Crippen LogP contribution in [-0.4, -0.2) is 34.0 Å². The molecular formula is C30H35ClN2O2S. The van der Waals surface area contributed by atoms with Crippen molar-refractivity contribution in [2.24, 2.45) is 0 Å². The molecule has 1 atom stereocenters. The number of amides is 2. The summed E-state index contributed by atoms with van der Waals surface area (Å²) in [6, 6.07) is 25.0. The van der Waals surface area contributed by atoms with E-state index in [0.29, 0.717) is 23.7 Å². The molecule has 36 heavy (non-hydrogen) atoms. The van der Waals surface area contributed by atoms with Gasteiger partial charge < -0.3 is 10.2 Å². The molecule has 0 aliphatic heterocycles. The van der Waals surface area contributed by atoms with E-state index in [1.54, 1.807) is 16.7 Å². The number of nitrogens with one attached hydrogen (secondary N) is 1. The fourth-order valence-electron chi connectivity index (χ4n) is 3.93. The maximum atomic E-state index is 13.7.